The first-order valence-corrected chi connectivity index (χ1v) is 5.64. The molecule has 0 bridgehead atoms. The molecular weight excluding hydrogens is 237 g/mol. The summed E-state index contributed by atoms with van der Waals surface area (Å²) in [5.41, 5.74) is -1.04. The van der Waals surface area contributed by atoms with Gasteiger partial charge in [0.1, 0.15) is 5.54 Å². The molecule has 1 N–H and O–H groups in total. The van der Waals surface area contributed by atoms with Crippen LogP contribution in [-0.2, 0) is 4.79 Å². The van der Waals surface area contributed by atoms with Gasteiger partial charge in [-0.2, -0.15) is 0 Å². The molecular formula is C12H14FN3O2. The smallest absolute Gasteiger partial charge is 0.257 e. The molecule has 1 aliphatic heterocycles. The fraction of sp³-hybridized carbons (Fsp3) is 0.417. The zero-order chi connectivity index (χ0) is 13.3. The maximum atomic E-state index is 13.5. The topological polar surface area (TPSA) is 62.3 Å². The van der Waals surface area contributed by atoms with Crippen LogP contribution in [0.3, 0.4) is 0 Å². The Bertz CT molecular complexity index is 502. The molecule has 2 rings (SSSR count). The third-order valence-corrected chi connectivity index (χ3v) is 3.10. The van der Waals surface area contributed by atoms with E-state index in [1.54, 1.807) is 13.8 Å². The lowest BCUT2D eigenvalue weighted by atomic mass is 9.97. The van der Waals surface area contributed by atoms with Crippen molar-refractivity contribution in [1.82, 2.24) is 15.2 Å². The predicted octanol–water partition coefficient (Wildman–Crippen LogP) is 0.571. The summed E-state index contributed by atoms with van der Waals surface area (Å²) in [6, 6.07) is 1.32. The lowest BCUT2D eigenvalue weighted by molar-refractivity contribution is -0.133. The molecule has 0 aromatic carbocycles. The quantitative estimate of drug-likeness (QED) is 0.793. The van der Waals surface area contributed by atoms with Crippen molar-refractivity contribution in [2.75, 3.05) is 13.1 Å². The normalized spacial score (nSPS) is 18.4. The van der Waals surface area contributed by atoms with Crippen LogP contribution >= 0.6 is 0 Å². The number of hydrogen-bond acceptors (Lipinski definition) is 3. The van der Waals surface area contributed by atoms with Crippen LogP contribution in [0.15, 0.2) is 18.5 Å². The van der Waals surface area contributed by atoms with Gasteiger partial charge in [-0.3, -0.25) is 14.6 Å². The van der Waals surface area contributed by atoms with Crippen LogP contribution in [0, 0.1) is 5.82 Å². The van der Waals surface area contributed by atoms with E-state index in [0.717, 1.165) is 6.20 Å². The first-order chi connectivity index (χ1) is 8.44. The van der Waals surface area contributed by atoms with E-state index in [9.17, 15) is 14.0 Å². The Morgan fingerprint density at radius 1 is 1.56 bits per heavy atom. The highest BCUT2D eigenvalue weighted by Gasteiger charge is 2.41. The fourth-order valence-corrected chi connectivity index (χ4v) is 1.95. The third-order valence-electron chi connectivity index (χ3n) is 3.10. The van der Waals surface area contributed by atoms with E-state index in [4.69, 9.17) is 0 Å². The van der Waals surface area contributed by atoms with E-state index >= 15 is 0 Å². The number of hydrogen-bond donors (Lipinski definition) is 1. The molecule has 0 spiro atoms. The third kappa shape index (κ3) is 1.94. The SMILES string of the molecule is CC1(C)C(=O)NCCN1C(=O)c1ccncc1F. The number of carbonyl (C=O) groups is 2. The fourth-order valence-electron chi connectivity index (χ4n) is 1.95. The molecule has 2 heterocycles. The van der Waals surface area contributed by atoms with Crippen LogP contribution in [-0.4, -0.2) is 40.3 Å². The van der Waals surface area contributed by atoms with Crippen molar-refractivity contribution in [3.05, 3.63) is 29.8 Å². The van der Waals surface area contributed by atoms with Crippen LogP contribution in [0.25, 0.3) is 0 Å². The first kappa shape index (κ1) is 12.5. The monoisotopic (exact) mass is 251 g/mol. The molecule has 0 unspecified atom stereocenters. The highest BCUT2D eigenvalue weighted by molar-refractivity contribution is 5.99. The molecule has 1 aliphatic rings. The van der Waals surface area contributed by atoms with E-state index in [-0.39, 0.29) is 11.5 Å². The standard InChI is InChI=1S/C12H14FN3O2/c1-12(2)11(18)15-5-6-16(12)10(17)8-3-4-14-7-9(8)13/h3-4,7H,5-6H2,1-2H3,(H,15,18). The van der Waals surface area contributed by atoms with Crippen molar-refractivity contribution >= 4 is 11.8 Å². The van der Waals surface area contributed by atoms with Crippen molar-refractivity contribution in [2.45, 2.75) is 19.4 Å². The van der Waals surface area contributed by atoms with E-state index < -0.39 is 17.3 Å². The van der Waals surface area contributed by atoms with Gasteiger partial charge in [0, 0.05) is 19.3 Å². The highest BCUT2D eigenvalue weighted by atomic mass is 19.1. The molecule has 1 fully saturated rings. The van der Waals surface area contributed by atoms with Gasteiger partial charge in [0.25, 0.3) is 5.91 Å². The zero-order valence-electron chi connectivity index (χ0n) is 10.2. The van der Waals surface area contributed by atoms with Gasteiger partial charge in [-0.05, 0) is 19.9 Å². The summed E-state index contributed by atoms with van der Waals surface area (Å²) in [6.07, 6.45) is 2.34. The number of pyridine rings is 1. The molecule has 1 saturated heterocycles. The van der Waals surface area contributed by atoms with Gasteiger partial charge in [-0.25, -0.2) is 4.39 Å². The number of amides is 2. The van der Waals surface area contributed by atoms with Crippen molar-refractivity contribution in [1.29, 1.82) is 0 Å². The van der Waals surface area contributed by atoms with Gasteiger partial charge in [0.15, 0.2) is 5.82 Å². The number of nitrogens with one attached hydrogen (secondary N) is 1. The molecule has 1 aromatic heterocycles. The minimum absolute atomic E-state index is 0.0622. The minimum Gasteiger partial charge on any atom is -0.352 e. The summed E-state index contributed by atoms with van der Waals surface area (Å²) >= 11 is 0. The summed E-state index contributed by atoms with van der Waals surface area (Å²) in [6.45, 7) is 4.01. The Labute approximate surface area is 104 Å². The average Bonchev–Trinajstić information content (AvgIpc) is 2.32. The average molecular weight is 251 g/mol. The van der Waals surface area contributed by atoms with Gasteiger partial charge in [-0.15, -0.1) is 0 Å². The number of piperazine rings is 1. The molecule has 5 nitrogen and oxygen atoms in total. The van der Waals surface area contributed by atoms with Crippen molar-refractivity contribution in [3.63, 3.8) is 0 Å². The summed E-state index contributed by atoms with van der Waals surface area (Å²) in [4.78, 5) is 29.0. The van der Waals surface area contributed by atoms with E-state index in [0.29, 0.717) is 13.1 Å². The number of carbonyl (C=O) groups excluding carboxylic acids is 2. The van der Waals surface area contributed by atoms with Crippen LogP contribution in [0.4, 0.5) is 4.39 Å². The maximum Gasteiger partial charge on any atom is 0.257 e. The maximum absolute atomic E-state index is 13.5. The largest absolute Gasteiger partial charge is 0.352 e. The van der Waals surface area contributed by atoms with Crippen molar-refractivity contribution < 1.29 is 14.0 Å². The Kier molecular flexibility index (Phi) is 3.02. The Hall–Kier alpha value is -1.98. The predicted molar refractivity (Wildman–Crippen MR) is 62.3 cm³/mol. The van der Waals surface area contributed by atoms with Crippen molar-refractivity contribution in [2.24, 2.45) is 0 Å². The molecule has 6 heteroatoms. The Balaban J connectivity index is 2.34. The summed E-state index contributed by atoms with van der Waals surface area (Å²) < 4.78 is 13.5. The van der Waals surface area contributed by atoms with Crippen molar-refractivity contribution in [3.8, 4) is 0 Å². The van der Waals surface area contributed by atoms with Gasteiger partial charge in [0.2, 0.25) is 5.91 Å². The number of rotatable bonds is 1. The summed E-state index contributed by atoms with van der Waals surface area (Å²) in [5.74, 6) is -1.41. The van der Waals surface area contributed by atoms with E-state index in [1.165, 1.54) is 17.2 Å². The zero-order valence-corrected chi connectivity index (χ0v) is 10.2. The van der Waals surface area contributed by atoms with Gasteiger partial charge in [0.05, 0.1) is 11.8 Å². The second-order valence-electron chi connectivity index (χ2n) is 4.63. The molecule has 96 valence electrons. The Morgan fingerprint density at radius 2 is 2.28 bits per heavy atom. The molecule has 0 atom stereocenters. The molecule has 2 amide bonds. The lowest BCUT2D eigenvalue weighted by Crippen LogP contribution is -2.63. The lowest BCUT2D eigenvalue weighted by Gasteiger charge is -2.41. The molecule has 0 saturated carbocycles. The highest BCUT2D eigenvalue weighted by Crippen LogP contribution is 2.21. The van der Waals surface area contributed by atoms with Crippen LogP contribution < -0.4 is 5.32 Å². The Morgan fingerprint density at radius 3 is 2.94 bits per heavy atom. The number of nitrogens with zero attached hydrogens (tertiary/aromatic N) is 2. The molecule has 18 heavy (non-hydrogen) atoms. The van der Waals surface area contributed by atoms with Crippen LogP contribution in [0.2, 0.25) is 0 Å². The minimum atomic E-state index is -0.981. The second kappa shape index (κ2) is 4.36. The van der Waals surface area contributed by atoms with Gasteiger partial charge in [-0.1, -0.05) is 0 Å². The number of halogens is 1. The molecule has 1 aromatic rings. The summed E-state index contributed by atoms with van der Waals surface area (Å²) in [5, 5.41) is 2.68. The van der Waals surface area contributed by atoms with E-state index in [2.05, 4.69) is 10.3 Å². The second-order valence-corrected chi connectivity index (χ2v) is 4.63. The first-order valence-electron chi connectivity index (χ1n) is 5.64. The van der Waals surface area contributed by atoms with Crippen LogP contribution in [0.1, 0.15) is 24.2 Å². The summed E-state index contributed by atoms with van der Waals surface area (Å²) in [7, 11) is 0. The number of aromatic nitrogens is 1. The van der Waals surface area contributed by atoms with Crippen LogP contribution in [0.5, 0.6) is 0 Å². The molecule has 0 radical (unpaired) electrons. The van der Waals surface area contributed by atoms with Gasteiger partial charge >= 0.3 is 0 Å². The molecule has 0 aliphatic carbocycles. The van der Waals surface area contributed by atoms with Gasteiger partial charge < -0.3 is 10.2 Å². The van der Waals surface area contributed by atoms with E-state index in [1.807, 2.05) is 0 Å².